The number of carbonyl (C=O) groups is 1. The normalized spacial score (nSPS) is 47.1. The molecular formula is C13H20O6. The number of ketones is 1. The minimum absolute atomic E-state index is 0.173. The van der Waals surface area contributed by atoms with Crippen LogP contribution < -0.4 is 0 Å². The van der Waals surface area contributed by atoms with Gasteiger partial charge in [0, 0.05) is 20.6 Å². The maximum Gasteiger partial charge on any atom is 0.221 e. The summed E-state index contributed by atoms with van der Waals surface area (Å²) in [4.78, 5) is 12.1. The minimum atomic E-state index is -1.25. The van der Waals surface area contributed by atoms with E-state index >= 15 is 0 Å². The molecule has 2 aliphatic rings. The van der Waals surface area contributed by atoms with E-state index in [0.717, 1.165) is 0 Å². The standard InChI is InChI=1S/C13H20O6/c1-7-6-8(14)10-11(9(7)15)19-13(3,17-5)12(2,16-4)18-10/h8,10-11,14H,1,6H2,2-5H3/t8-,10-,11-,12+,13+/m0/s1. The highest BCUT2D eigenvalue weighted by atomic mass is 16.8. The van der Waals surface area contributed by atoms with Crippen LogP contribution >= 0.6 is 0 Å². The summed E-state index contributed by atoms with van der Waals surface area (Å²) >= 11 is 0. The van der Waals surface area contributed by atoms with Gasteiger partial charge in [-0.1, -0.05) is 6.58 Å². The Balaban J connectivity index is 2.37. The van der Waals surface area contributed by atoms with Crippen LogP contribution in [0.5, 0.6) is 0 Å². The Hall–Kier alpha value is -0.790. The van der Waals surface area contributed by atoms with Crippen molar-refractivity contribution < 1.29 is 28.8 Å². The molecule has 0 unspecified atom stereocenters. The van der Waals surface area contributed by atoms with Gasteiger partial charge in [0.15, 0.2) is 11.9 Å². The lowest BCUT2D eigenvalue weighted by molar-refractivity contribution is -0.448. The van der Waals surface area contributed by atoms with E-state index in [1.807, 2.05) is 0 Å². The van der Waals surface area contributed by atoms with Crippen LogP contribution in [0.15, 0.2) is 12.2 Å². The first-order valence-electron chi connectivity index (χ1n) is 6.14. The van der Waals surface area contributed by atoms with Crippen LogP contribution in [0.2, 0.25) is 0 Å². The predicted octanol–water partition coefficient (Wildman–Crippen LogP) is 0.385. The van der Waals surface area contributed by atoms with Crippen LogP contribution in [0.3, 0.4) is 0 Å². The van der Waals surface area contributed by atoms with Crippen molar-refractivity contribution >= 4 is 5.78 Å². The van der Waals surface area contributed by atoms with Gasteiger partial charge in [-0.3, -0.25) is 4.79 Å². The number of aliphatic hydroxyl groups is 1. The number of methoxy groups -OCH3 is 2. The minimum Gasteiger partial charge on any atom is -0.390 e. The molecular weight excluding hydrogens is 252 g/mol. The van der Waals surface area contributed by atoms with Crippen LogP contribution in [-0.4, -0.2) is 55.0 Å². The van der Waals surface area contributed by atoms with E-state index in [4.69, 9.17) is 18.9 Å². The monoisotopic (exact) mass is 272 g/mol. The number of carbonyl (C=O) groups excluding carboxylic acids is 1. The van der Waals surface area contributed by atoms with Crippen molar-refractivity contribution in [2.24, 2.45) is 0 Å². The van der Waals surface area contributed by atoms with E-state index < -0.39 is 29.9 Å². The molecule has 6 heteroatoms. The second-order valence-corrected chi connectivity index (χ2v) is 5.16. The summed E-state index contributed by atoms with van der Waals surface area (Å²) in [7, 11) is 2.90. The molecule has 1 saturated heterocycles. The molecule has 2 rings (SSSR count). The lowest BCUT2D eigenvalue weighted by Gasteiger charge is -2.53. The molecule has 19 heavy (non-hydrogen) atoms. The molecule has 6 nitrogen and oxygen atoms in total. The Kier molecular flexibility index (Phi) is 3.57. The second kappa shape index (κ2) is 4.64. The number of aliphatic hydroxyl groups excluding tert-OH is 1. The quantitative estimate of drug-likeness (QED) is 0.733. The fraction of sp³-hybridized carbons (Fsp3) is 0.769. The Morgan fingerprint density at radius 1 is 1.26 bits per heavy atom. The summed E-state index contributed by atoms with van der Waals surface area (Å²) in [5, 5.41) is 10.0. The maximum absolute atomic E-state index is 12.1. The molecule has 0 radical (unpaired) electrons. The molecule has 1 aliphatic heterocycles. The van der Waals surface area contributed by atoms with Gasteiger partial charge in [-0.05, 0) is 19.4 Å². The largest absolute Gasteiger partial charge is 0.390 e. The van der Waals surface area contributed by atoms with Gasteiger partial charge in [0.25, 0.3) is 0 Å². The second-order valence-electron chi connectivity index (χ2n) is 5.16. The Morgan fingerprint density at radius 3 is 2.32 bits per heavy atom. The number of rotatable bonds is 2. The van der Waals surface area contributed by atoms with Crippen molar-refractivity contribution in [3.63, 3.8) is 0 Å². The van der Waals surface area contributed by atoms with Gasteiger partial charge in [-0.15, -0.1) is 0 Å². The summed E-state index contributed by atoms with van der Waals surface area (Å²) < 4.78 is 22.2. The molecule has 1 aliphatic carbocycles. The van der Waals surface area contributed by atoms with Crippen LogP contribution in [0.1, 0.15) is 20.3 Å². The summed E-state index contributed by atoms with van der Waals surface area (Å²) in [6.45, 7) is 6.92. The van der Waals surface area contributed by atoms with Crippen molar-refractivity contribution in [2.75, 3.05) is 14.2 Å². The van der Waals surface area contributed by atoms with Gasteiger partial charge in [-0.2, -0.15) is 0 Å². The zero-order valence-electron chi connectivity index (χ0n) is 11.6. The van der Waals surface area contributed by atoms with E-state index in [2.05, 4.69) is 6.58 Å². The maximum atomic E-state index is 12.1. The van der Waals surface area contributed by atoms with Crippen molar-refractivity contribution in [2.45, 2.75) is 50.2 Å². The van der Waals surface area contributed by atoms with Gasteiger partial charge < -0.3 is 24.1 Å². The SMILES string of the molecule is C=C1C[C@H](O)[C@@H]2O[C@@](C)(OC)[C@](C)(OC)O[C@H]2C1=O. The fourth-order valence-corrected chi connectivity index (χ4v) is 2.47. The highest BCUT2D eigenvalue weighted by molar-refractivity contribution is 6.00. The van der Waals surface area contributed by atoms with E-state index in [9.17, 15) is 9.90 Å². The lowest BCUT2D eigenvalue weighted by Crippen LogP contribution is -2.69. The Labute approximate surface area is 112 Å². The summed E-state index contributed by atoms with van der Waals surface area (Å²) in [5.41, 5.74) is 0.330. The molecule has 0 bridgehead atoms. The van der Waals surface area contributed by atoms with Gasteiger partial charge in [-0.25, -0.2) is 0 Å². The summed E-state index contributed by atoms with van der Waals surface area (Å²) in [6.07, 6.45) is -2.39. The van der Waals surface area contributed by atoms with Gasteiger partial charge in [0.05, 0.1) is 6.10 Å². The smallest absolute Gasteiger partial charge is 0.221 e. The average molecular weight is 272 g/mol. The number of hydrogen-bond acceptors (Lipinski definition) is 6. The third kappa shape index (κ3) is 2.04. The molecule has 0 amide bonds. The van der Waals surface area contributed by atoms with Gasteiger partial charge in [0.1, 0.15) is 6.10 Å². The average Bonchev–Trinajstić information content (AvgIpc) is 2.38. The zero-order chi connectivity index (χ0) is 14.4. The molecule has 108 valence electrons. The molecule has 0 spiro atoms. The molecule has 1 N–H and O–H groups in total. The van der Waals surface area contributed by atoms with Gasteiger partial charge in [0.2, 0.25) is 11.6 Å². The molecule has 1 saturated carbocycles. The Bertz CT molecular complexity index is 408. The van der Waals surface area contributed by atoms with Gasteiger partial charge >= 0.3 is 0 Å². The third-order valence-corrected chi connectivity index (χ3v) is 4.06. The molecule has 5 atom stereocenters. The number of hydrogen-bond donors (Lipinski definition) is 1. The highest BCUT2D eigenvalue weighted by Gasteiger charge is 2.60. The van der Waals surface area contributed by atoms with Crippen LogP contribution in [0.4, 0.5) is 0 Å². The van der Waals surface area contributed by atoms with E-state index in [-0.39, 0.29) is 12.2 Å². The summed E-state index contributed by atoms with van der Waals surface area (Å²) in [5.74, 6) is -2.74. The fourth-order valence-electron chi connectivity index (χ4n) is 2.47. The van der Waals surface area contributed by atoms with E-state index in [1.54, 1.807) is 13.8 Å². The molecule has 1 heterocycles. The topological polar surface area (TPSA) is 74.2 Å². The van der Waals surface area contributed by atoms with Crippen LogP contribution in [0.25, 0.3) is 0 Å². The Morgan fingerprint density at radius 2 is 1.79 bits per heavy atom. The van der Waals surface area contributed by atoms with E-state index in [1.165, 1.54) is 14.2 Å². The lowest BCUT2D eigenvalue weighted by atomic mass is 9.85. The van der Waals surface area contributed by atoms with Crippen molar-refractivity contribution in [1.29, 1.82) is 0 Å². The molecule has 0 aromatic heterocycles. The highest BCUT2D eigenvalue weighted by Crippen LogP contribution is 2.42. The number of Topliss-reactive ketones (excluding diaryl/α,β-unsaturated/α-hetero) is 1. The van der Waals surface area contributed by atoms with E-state index in [0.29, 0.717) is 5.57 Å². The first-order chi connectivity index (χ1) is 8.78. The number of fused-ring (bicyclic) bond motifs is 1. The number of ether oxygens (including phenoxy) is 4. The molecule has 0 aromatic carbocycles. The van der Waals surface area contributed by atoms with Crippen LogP contribution in [-0.2, 0) is 23.7 Å². The van der Waals surface area contributed by atoms with Crippen molar-refractivity contribution in [1.82, 2.24) is 0 Å². The first-order valence-corrected chi connectivity index (χ1v) is 6.14. The molecule has 0 aromatic rings. The zero-order valence-corrected chi connectivity index (χ0v) is 11.6. The first kappa shape index (κ1) is 14.6. The third-order valence-electron chi connectivity index (χ3n) is 4.06. The van der Waals surface area contributed by atoms with Crippen molar-refractivity contribution in [3.8, 4) is 0 Å². The summed E-state index contributed by atoms with van der Waals surface area (Å²) in [6, 6.07) is 0. The molecule has 2 fully saturated rings. The predicted molar refractivity (Wildman–Crippen MR) is 65.3 cm³/mol. The van der Waals surface area contributed by atoms with Crippen LogP contribution in [0, 0.1) is 0 Å². The van der Waals surface area contributed by atoms with Crippen molar-refractivity contribution in [3.05, 3.63) is 12.2 Å².